The van der Waals surface area contributed by atoms with Gasteiger partial charge in [0.15, 0.2) is 5.78 Å². The molecule has 1 fully saturated rings. The van der Waals surface area contributed by atoms with Crippen molar-refractivity contribution in [2.24, 2.45) is 5.92 Å². The first-order chi connectivity index (χ1) is 16.5. The summed E-state index contributed by atoms with van der Waals surface area (Å²) in [6, 6.07) is -3.77. The molecular formula is C23H36N6O6. The molecule has 0 saturated carbocycles. The SMILES string of the molecule is CC(=O)[C@H](CO)NC(=O)[C@H](Cc1cnc[nH]1)NC(=O)[C@H](CC(C)C)NC(=O)[C@@H]1CCCN1C(C)=O. The van der Waals surface area contributed by atoms with E-state index in [1.807, 2.05) is 13.8 Å². The van der Waals surface area contributed by atoms with Gasteiger partial charge in [-0.25, -0.2) is 4.98 Å². The van der Waals surface area contributed by atoms with Crippen molar-refractivity contribution in [2.75, 3.05) is 13.2 Å². The van der Waals surface area contributed by atoms with Gasteiger partial charge in [-0.1, -0.05) is 13.8 Å². The lowest BCUT2D eigenvalue weighted by atomic mass is 10.0. The fraction of sp³-hybridized carbons (Fsp3) is 0.652. The fourth-order valence-corrected chi connectivity index (χ4v) is 4.03. The number of nitrogens with zero attached hydrogens (tertiary/aromatic N) is 2. The molecule has 0 unspecified atom stereocenters. The zero-order valence-electron chi connectivity index (χ0n) is 20.7. The Balaban J connectivity index is 2.18. The monoisotopic (exact) mass is 492 g/mol. The maximum absolute atomic E-state index is 13.2. The number of nitrogens with one attached hydrogen (secondary N) is 4. The first-order valence-corrected chi connectivity index (χ1v) is 11.8. The van der Waals surface area contributed by atoms with E-state index in [2.05, 4.69) is 25.9 Å². The zero-order valence-corrected chi connectivity index (χ0v) is 20.7. The number of imidazole rings is 1. The number of rotatable bonds is 12. The van der Waals surface area contributed by atoms with Crippen LogP contribution in [-0.4, -0.2) is 86.7 Å². The van der Waals surface area contributed by atoms with Gasteiger partial charge in [0, 0.05) is 31.8 Å². The quantitative estimate of drug-likeness (QED) is 0.250. The van der Waals surface area contributed by atoms with Crippen LogP contribution in [0.4, 0.5) is 0 Å². The van der Waals surface area contributed by atoms with Crippen LogP contribution in [-0.2, 0) is 30.4 Å². The highest BCUT2D eigenvalue weighted by Gasteiger charge is 2.35. The summed E-state index contributed by atoms with van der Waals surface area (Å²) < 4.78 is 0. The molecule has 0 bridgehead atoms. The van der Waals surface area contributed by atoms with E-state index in [1.54, 1.807) is 0 Å². The molecule has 4 atom stereocenters. The third-order valence-corrected chi connectivity index (χ3v) is 5.90. The highest BCUT2D eigenvalue weighted by Crippen LogP contribution is 2.18. The van der Waals surface area contributed by atoms with Crippen LogP contribution >= 0.6 is 0 Å². The van der Waals surface area contributed by atoms with Crippen molar-refractivity contribution in [1.29, 1.82) is 0 Å². The average Bonchev–Trinajstić information content (AvgIpc) is 3.47. The van der Waals surface area contributed by atoms with Gasteiger partial charge in [0.25, 0.3) is 0 Å². The van der Waals surface area contributed by atoms with Gasteiger partial charge in [0.05, 0.1) is 12.9 Å². The van der Waals surface area contributed by atoms with Gasteiger partial charge in [-0.3, -0.25) is 24.0 Å². The van der Waals surface area contributed by atoms with Crippen LogP contribution in [0.5, 0.6) is 0 Å². The Hall–Kier alpha value is -3.28. The molecule has 12 heteroatoms. The normalized spacial score (nSPS) is 18.0. The molecule has 35 heavy (non-hydrogen) atoms. The molecule has 5 N–H and O–H groups in total. The number of amides is 4. The molecule has 2 heterocycles. The number of aromatic amines is 1. The molecule has 1 aliphatic rings. The lowest BCUT2D eigenvalue weighted by Gasteiger charge is -2.28. The predicted octanol–water partition coefficient (Wildman–Crippen LogP) is -0.955. The third-order valence-electron chi connectivity index (χ3n) is 5.90. The second-order valence-corrected chi connectivity index (χ2v) is 9.26. The molecule has 1 saturated heterocycles. The number of aliphatic hydroxyl groups is 1. The van der Waals surface area contributed by atoms with Crippen molar-refractivity contribution >= 4 is 29.4 Å². The van der Waals surface area contributed by atoms with Gasteiger partial charge in [-0.15, -0.1) is 0 Å². The Morgan fingerprint density at radius 3 is 2.29 bits per heavy atom. The van der Waals surface area contributed by atoms with Gasteiger partial charge in [-0.05, 0) is 32.1 Å². The number of aromatic nitrogens is 2. The van der Waals surface area contributed by atoms with Crippen molar-refractivity contribution in [3.8, 4) is 0 Å². The van der Waals surface area contributed by atoms with E-state index in [0.29, 0.717) is 31.5 Å². The van der Waals surface area contributed by atoms with Crippen LogP contribution < -0.4 is 16.0 Å². The molecule has 4 amide bonds. The van der Waals surface area contributed by atoms with Gasteiger partial charge in [-0.2, -0.15) is 0 Å². The van der Waals surface area contributed by atoms with E-state index in [0.717, 1.165) is 0 Å². The van der Waals surface area contributed by atoms with Gasteiger partial charge < -0.3 is 30.9 Å². The summed E-state index contributed by atoms with van der Waals surface area (Å²) in [5.41, 5.74) is 0.571. The summed E-state index contributed by atoms with van der Waals surface area (Å²) in [6.45, 7) is 6.36. The Bertz CT molecular complexity index is 902. The number of aliphatic hydroxyl groups excluding tert-OH is 1. The fourth-order valence-electron chi connectivity index (χ4n) is 4.03. The van der Waals surface area contributed by atoms with E-state index in [9.17, 15) is 29.1 Å². The van der Waals surface area contributed by atoms with Crippen LogP contribution in [0.1, 0.15) is 52.7 Å². The minimum atomic E-state index is -1.10. The minimum Gasteiger partial charge on any atom is -0.394 e. The predicted molar refractivity (Wildman–Crippen MR) is 126 cm³/mol. The van der Waals surface area contributed by atoms with E-state index < -0.39 is 54.3 Å². The molecule has 2 rings (SSSR count). The Kier molecular flexibility index (Phi) is 10.4. The molecule has 194 valence electrons. The van der Waals surface area contributed by atoms with Gasteiger partial charge in [0.2, 0.25) is 23.6 Å². The van der Waals surface area contributed by atoms with Crippen LogP contribution in [0.15, 0.2) is 12.5 Å². The smallest absolute Gasteiger partial charge is 0.243 e. The minimum absolute atomic E-state index is 0.0508. The molecule has 12 nitrogen and oxygen atoms in total. The Labute approximate surface area is 204 Å². The van der Waals surface area contributed by atoms with Crippen molar-refractivity contribution in [1.82, 2.24) is 30.8 Å². The van der Waals surface area contributed by atoms with Crippen LogP contribution in [0, 0.1) is 5.92 Å². The first-order valence-electron chi connectivity index (χ1n) is 11.8. The number of hydrogen-bond acceptors (Lipinski definition) is 7. The van der Waals surface area contributed by atoms with Gasteiger partial charge in [0.1, 0.15) is 24.2 Å². The van der Waals surface area contributed by atoms with Crippen molar-refractivity contribution in [2.45, 2.75) is 77.5 Å². The first kappa shape index (κ1) is 28.0. The lowest BCUT2D eigenvalue weighted by molar-refractivity contribution is -0.138. The van der Waals surface area contributed by atoms with Crippen LogP contribution in [0.2, 0.25) is 0 Å². The Morgan fingerprint density at radius 1 is 1.09 bits per heavy atom. The largest absolute Gasteiger partial charge is 0.394 e. The molecule has 1 aromatic heterocycles. The molecule has 0 aromatic carbocycles. The molecular weight excluding hydrogens is 456 g/mol. The zero-order chi connectivity index (χ0) is 26.1. The number of carbonyl (C=O) groups is 5. The highest BCUT2D eigenvalue weighted by atomic mass is 16.3. The molecule has 1 aliphatic heterocycles. The second-order valence-electron chi connectivity index (χ2n) is 9.26. The standard InChI is InChI=1S/C23H36N6O6/c1-13(2)8-17(27-23(35)20-6-5-7-29(20)15(4)32)21(33)26-18(9-16-10-24-12-25-16)22(34)28-19(11-30)14(3)31/h10,12-13,17-20,30H,5-9,11H2,1-4H3,(H,24,25)(H,26,33)(H,27,35)(H,28,34)/t17-,18-,19-,20-/m0/s1. The summed E-state index contributed by atoms with van der Waals surface area (Å²) in [4.78, 5) is 70.9. The lowest BCUT2D eigenvalue weighted by Crippen LogP contribution is -2.58. The van der Waals surface area contributed by atoms with E-state index in [4.69, 9.17) is 0 Å². The van der Waals surface area contributed by atoms with Gasteiger partial charge >= 0.3 is 0 Å². The topological polar surface area (TPSA) is 174 Å². The number of H-pyrrole nitrogens is 1. The molecule has 0 aliphatic carbocycles. The maximum Gasteiger partial charge on any atom is 0.243 e. The third kappa shape index (κ3) is 8.16. The van der Waals surface area contributed by atoms with Crippen LogP contribution in [0.25, 0.3) is 0 Å². The van der Waals surface area contributed by atoms with Crippen molar-refractivity contribution in [3.05, 3.63) is 18.2 Å². The highest BCUT2D eigenvalue weighted by molar-refractivity contribution is 5.95. The number of carbonyl (C=O) groups excluding carboxylic acids is 5. The summed E-state index contributed by atoms with van der Waals surface area (Å²) >= 11 is 0. The van der Waals surface area contributed by atoms with Crippen molar-refractivity contribution in [3.63, 3.8) is 0 Å². The summed E-state index contributed by atoms with van der Waals surface area (Å²) in [5, 5.41) is 17.3. The number of likely N-dealkylation sites (tertiary alicyclic amines) is 1. The Morgan fingerprint density at radius 2 is 1.74 bits per heavy atom. The average molecular weight is 493 g/mol. The number of Topliss-reactive ketones (excluding diaryl/α,β-unsaturated/α-hetero) is 1. The summed E-state index contributed by atoms with van der Waals surface area (Å²) in [6.07, 6.45) is 4.52. The number of hydrogen-bond donors (Lipinski definition) is 5. The molecule has 0 radical (unpaired) electrons. The van der Waals surface area contributed by atoms with E-state index >= 15 is 0 Å². The maximum atomic E-state index is 13.2. The second kappa shape index (κ2) is 13.0. The number of ketones is 1. The van der Waals surface area contributed by atoms with Crippen LogP contribution in [0.3, 0.4) is 0 Å². The summed E-state index contributed by atoms with van der Waals surface area (Å²) in [5.74, 6) is -2.21. The van der Waals surface area contributed by atoms with Crippen molar-refractivity contribution < 1.29 is 29.1 Å². The molecule has 1 aromatic rings. The van der Waals surface area contributed by atoms with E-state index in [1.165, 1.54) is 31.3 Å². The van der Waals surface area contributed by atoms with E-state index in [-0.39, 0.29) is 18.2 Å². The summed E-state index contributed by atoms with van der Waals surface area (Å²) in [7, 11) is 0. The molecule has 0 spiro atoms.